The van der Waals surface area contributed by atoms with Gasteiger partial charge in [0, 0.05) is 18.1 Å². The molecule has 13 heteroatoms. The van der Waals surface area contributed by atoms with Gasteiger partial charge in [0.2, 0.25) is 11.8 Å². The van der Waals surface area contributed by atoms with Crippen LogP contribution < -0.4 is 4.90 Å². The summed E-state index contributed by atoms with van der Waals surface area (Å²) in [6.07, 6.45) is 1.85. The summed E-state index contributed by atoms with van der Waals surface area (Å²) < 4.78 is 0. The molecule has 0 spiro atoms. The lowest BCUT2D eigenvalue weighted by Crippen LogP contribution is -2.60. The first-order valence-corrected chi connectivity index (χ1v) is 14.7. The predicted molar refractivity (Wildman–Crippen MR) is 152 cm³/mol. The van der Waals surface area contributed by atoms with Gasteiger partial charge in [-0.3, -0.25) is 39.1 Å². The van der Waals surface area contributed by atoms with Crippen molar-refractivity contribution in [3.8, 4) is 5.75 Å². The minimum atomic E-state index is -1.93. The van der Waals surface area contributed by atoms with Crippen molar-refractivity contribution in [3.05, 3.63) is 75.4 Å². The molecule has 2 saturated heterocycles. The summed E-state index contributed by atoms with van der Waals surface area (Å²) in [5.74, 6) is -5.58. The minimum Gasteiger partial charge on any atom is -0.508 e. The zero-order valence-corrected chi connectivity index (χ0v) is 24.5. The van der Waals surface area contributed by atoms with Crippen LogP contribution in [-0.4, -0.2) is 53.8 Å². The molecule has 1 N–H and O–H groups in total. The molecule has 4 amide bonds. The molecule has 2 aliphatic heterocycles. The second kappa shape index (κ2) is 9.37. The molecule has 0 bridgehead atoms. The number of alkyl halides is 3. The average Bonchev–Trinajstić information content (AvgIpc) is 3.28. The molecule has 10 nitrogen and oxygen atoms in total. The number of rotatable bonds is 4. The molecule has 6 atom stereocenters. The predicted octanol–water partition coefficient (Wildman–Crippen LogP) is 4.52. The normalized spacial score (nSPS) is 32.5. The number of non-ortho nitro benzene ring substituents is 1. The molecule has 2 aromatic carbocycles. The number of fused-ring (bicyclic) bond motifs is 4. The summed E-state index contributed by atoms with van der Waals surface area (Å²) in [6.45, 7) is 1.69. The van der Waals surface area contributed by atoms with Crippen molar-refractivity contribution in [1.82, 2.24) is 4.90 Å². The number of halogens is 3. The van der Waals surface area contributed by atoms with E-state index < -0.39 is 62.0 Å². The molecular formula is C28H22BrCl2N3O7. The largest absolute Gasteiger partial charge is 0.508 e. The SMILES string of the molecule is Cc1cc(C2C3=CCC4C(=O)N(c5ccc([N+](=O)[O-])cc5)C(=O)C4C3CC3(Cl)C(=O)N(CBr)C(=O)C23Cl)ccc1O. The number of anilines is 1. The standard InChI is InChI=1S/C28H22BrCl2N3O7/c1-13-10-14(2-9-20(13)35)22-17-7-8-18-21(19(17)11-27(30)25(38)32(12-29)26(39)28(22,27)31)24(37)33(23(18)36)15-3-5-16(6-4-15)34(40)41/h2-7,9-10,18-19,21-22,35H,8,11-12H2,1H3. The second-order valence-corrected chi connectivity index (χ2v) is 12.6. The maximum Gasteiger partial charge on any atom is 0.269 e. The molecule has 41 heavy (non-hydrogen) atoms. The van der Waals surface area contributed by atoms with Crippen molar-refractivity contribution in [1.29, 1.82) is 0 Å². The van der Waals surface area contributed by atoms with Gasteiger partial charge >= 0.3 is 0 Å². The van der Waals surface area contributed by atoms with E-state index in [1.54, 1.807) is 19.1 Å². The molecule has 0 radical (unpaired) electrons. The number of aromatic hydroxyl groups is 1. The number of aryl methyl sites for hydroxylation is 1. The maximum absolute atomic E-state index is 14.0. The fourth-order valence-electron chi connectivity index (χ4n) is 6.96. The Kier molecular flexibility index (Phi) is 6.37. The first kappa shape index (κ1) is 27.9. The number of nitro groups is 1. The summed E-state index contributed by atoms with van der Waals surface area (Å²) in [5.41, 5.74) is 1.58. The van der Waals surface area contributed by atoms with Crippen molar-refractivity contribution in [2.24, 2.45) is 17.8 Å². The van der Waals surface area contributed by atoms with E-state index >= 15 is 0 Å². The lowest BCUT2D eigenvalue weighted by atomic mass is 9.56. The number of phenols is 1. The Morgan fingerprint density at radius 3 is 2.34 bits per heavy atom. The molecule has 2 aliphatic carbocycles. The summed E-state index contributed by atoms with van der Waals surface area (Å²) in [6, 6.07) is 9.90. The van der Waals surface area contributed by atoms with E-state index in [0.29, 0.717) is 16.7 Å². The minimum absolute atomic E-state index is 0.0331. The van der Waals surface area contributed by atoms with E-state index in [0.717, 1.165) is 9.80 Å². The van der Waals surface area contributed by atoms with Crippen molar-refractivity contribution >= 4 is 74.1 Å². The molecule has 6 rings (SSSR count). The van der Waals surface area contributed by atoms with Gasteiger partial charge in [0.1, 0.15) is 5.75 Å². The van der Waals surface area contributed by atoms with E-state index in [1.165, 1.54) is 30.3 Å². The first-order valence-electron chi connectivity index (χ1n) is 12.8. The van der Waals surface area contributed by atoms with Gasteiger partial charge in [-0.05, 0) is 55.0 Å². The monoisotopic (exact) mass is 661 g/mol. The number of likely N-dealkylation sites (tertiary alicyclic amines) is 1. The summed E-state index contributed by atoms with van der Waals surface area (Å²) >= 11 is 17.6. The Morgan fingerprint density at radius 2 is 1.73 bits per heavy atom. The number of allylic oxidation sites excluding steroid dienone is 2. The Balaban J connectivity index is 1.49. The molecule has 2 aromatic rings. The van der Waals surface area contributed by atoms with Gasteiger partial charge in [-0.2, -0.15) is 0 Å². The smallest absolute Gasteiger partial charge is 0.269 e. The Labute approximate surface area is 252 Å². The number of amides is 4. The fourth-order valence-corrected chi connectivity index (χ4v) is 8.39. The van der Waals surface area contributed by atoms with E-state index in [1.807, 2.05) is 6.08 Å². The third-order valence-corrected chi connectivity index (χ3v) is 10.8. The highest BCUT2D eigenvalue weighted by Gasteiger charge is 2.76. The highest BCUT2D eigenvalue weighted by Crippen LogP contribution is 2.65. The van der Waals surface area contributed by atoms with Crippen LogP contribution in [0.15, 0.2) is 54.1 Å². The number of hydrogen-bond donors (Lipinski definition) is 1. The van der Waals surface area contributed by atoms with Crippen molar-refractivity contribution < 1.29 is 29.2 Å². The van der Waals surface area contributed by atoms with Crippen molar-refractivity contribution in [2.45, 2.75) is 35.4 Å². The summed E-state index contributed by atoms with van der Waals surface area (Å²) in [4.78, 5) is 63.7. The molecule has 3 fully saturated rings. The van der Waals surface area contributed by atoms with Crippen LogP contribution in [0, 0.1) is 34.8 Å². The van der Waals surface area contributed by atoms with E-state index in [9.17, 15) is 34.4 Å². The number of phenolic OH excluding ortho intramolecular Hbond substituents is 1. The molecule has 4 aliphatic rings. The molecule has 1 saturated carbocycles. The van der Waals surface area contributed by atoms with Gasteiger partial charge in [0.15, 0.2) is 9.75 Å². The number of nitro benzene ring substituents is 1. The zero-order chi connectivity index (χ0) is 29.6. The van der Waals surface area contributed by atoms with Crippen LogP contribution in [0.2, 0.25) is 0 Å². The lowest BCUT2D eigenvalue weighted by Gasteiger charge is -2.50. The van der Waals surface area contributed by atoms with Crippen molar-refractivity contribution in [2.75, 3.05) is 10.4 Å². The number of hydrogen-bond acceptors (Lipinski definition) is 7. The third kappa shape index (κ3) is 3.61. The number of imide groups is 2. The quantitative estimate of drug-likeness (QED) is 0.127. The van der Waals surface area contributed by atoms with Gasteiger partial charge in [0.25, 0.3) is 17.5 Å². The summed E-state index contributed by atoms with van der Waals surface area (Å²) in [5, 5.41) is 21.3. The Hall–Kier alpha value is -3.28. The van der Waals surface area contributed by atoms with Gasteiger partial charge in [-0.1, -0.05) is 39.7 Å². The van der Waals surface area contributed by atoms with Crippen LogP contribution in [0.5, 0.6) is 5.75 Å². The third-order valence-electron chi connectivity index (χ3n) is 8.89. The number of carbonyl (C=O) groups excluding carboxylic acids is 4. The summed E-state index contributed by atoms with van der Waals surface area (Å²) in [7, 11) is 0. The number of nitrogens with zero attached hydrogens (tertiary/aromatic N) is 3. The molecule has 6 unspecified atom stereocenters. The highest BCUT2D eigenvalue weighted by atomic mass is 79.9. The number of carbonyl (C=O) groups is 4. The Bertz CT molecular complexity index is 1600. The average molecular weight is 663 g/mol. The van der Waals surface area contributed by atoms with Gasteiger partial charge in [0.05, 0.1) is 27.9 Å². The van der Waals surface area contributed by atoms with Crippen LogP contribution in [0.1, 0.15) is 29.9 Å². The van der Waals surface area contributed by atoms with E-state index in [4.69, 9.17) is 23.2 Å². The zero-order valence-electron chi connectivity index (χ0n) is 21.4. The first-order chi connectivity index (χ1) is 19.4. The molecule has 212 valence electrons. The molecule has 0 aromatic heterocycles. The molecule has 2 heterocycles. The van der Waals surface area contributed by atoms with Crippen LogP contribution >= 0.6 is 39.1 Å². The second-order valence-electron chi connectivity index (χ2n) is 10.8. The maximum atomic E-state index is 14.0. The van der Waals surface area contributed by atoms with Gasteiger partial charge in [-0.15, -0.1) is 23.2 Å². The fraction of sp³-hybridized carbons (Fsp3) is 0.357. The Morgan fingerprint density at radius 1 is 1.05 bits per heavy atom. The van der Waals surface area contributed by atoms with Gasteiger partial charge < -0.3 is 5.11 Å². The topological polar surface area (TPSA) is 138 Å². The van der Waals surface area contributed by atoms with E-state index in [2.05, 4.69) is 15.9 Å². The number of benzene rings is 2. The van der Waals surface area contributed by atoms with Crippen LogP contribution in [0.4, 0.5) is 11.4 Å². The van der Waals surface area contributed by atoms with E-state index in [-0.39, 0.29) is 35.4 Å². The highest BCUT2D eigenvalue weighted by molar-refractivity contribution is 9.09. The van der Waals surface area contributed by atoms with Crippen molar-refractivity contribution in [3.63, 3.8) is 0 Å². The molecular weight excluding hydrogens is 641 g/mol. The lowest BCUT2D eigenvalue weighted by molar-refractivity contribution is -0.384. The van der Waals surface area contributed by atoms with Crippen LogP contribution in [-0.2, 0) is 19.2 Å². The van der Waals surface area contributed by atoms with Crippen LogP contribution in [0.25, 0.3) is 0 Å². The van der Waals surface area contributed by atoms with Gasteiger partial charge in [-0.25, -0.2) is 0 Å². The van der Waals surface area contributed by atoms with Crippen LogP contribution in [0.3, 0.4) is 0 Å².